The number of aliphatic hydroxyl groups is 4. The summed E-state index contributed by atoms with van der Waals surface area (Å²) in [6.45, 7) is 11.7. The number of hydrogen-bond acceptors (Lipinski definition) is 8. The maximum Gasteiger partial charge on any atom is 0.306 e. The van der Waals surface area contributed by atoms with E-state index in [1.807, 2.05) is 20.8 Å². The Labute approximate surface area is 252 Å². The molecule has 0 aliphatic heterocycles. The summed E-state index contributed by atoms with van der Waals surface area (Å²) in [5, 5.41) is 47.8. The minimum atomic E-state index is -2.06. The number of carbonyl (C=O) groups excluding carboxylic acids is 2. The first kappa shape index (κ1) is 33.4. The number of fused-ring (bicyclic) bond motifs is 3. The molecule has 8 nitrogen and oxygen atoms in total. The third-order valence-corrected chi connectivity index (χ3v) is 11.8. The van der Waals surface area contributed by atoms with Crippen LogP contribution in [-0.2, 0) is 19.1 Å². The molecule has 10 atom stereocenters. The van der Waals surface area contributed by atoms with Gasteiger partial charge in [-0.15, -0.1) is 0 Å². The average Bonchev–Trinajstić information content (AvgIpc) is 3.34. The van der Waals surface area contributed by atoms with E-state index in [0.29, 0.717) is 25.7 Å². The highest BCUT2D eigenvalue weighted by Gasteiger charge is 2.83. The molecular formula is C34H56O8. The molecule has 3 saturated carbocycles. The predicted octanol–water partition coefficient (Wildman–Crippen LogP) is 4.84. The van der Waals surface area contributed by atoms with Gasteiger partial charge in [-0.2, -0.15) is 0 Å². The van der Waals surface area contributed by atoms with Gasteiger partial charge in [-0.1, -0.05) is 86.1 Å². The molecule has 0 heterocycles. The Morgan fingerprint density at radius 1 is 0.881 bits per heavy atom. The summed E-state index contributed by atoms with van der Waals surface area (Å²) in [6, 6.07) is 0. The van der Waals surface area contributed by atoms with Gasteiger partial charge >= 0.3 is 11.9 Å². The highest BCUT2D eigenvalue weighted by molar-refractivity contribution is 5.71. The molecule has 3 fully saturated rings. The molecule has 4 rings (SSSR count). The third kappa shape index (κ3) is 5.16. The minimum absolute atomic E-state index is 0.230. The fraction of sp³-hybridized carbons (Fsp3) is 0.882. The molecule has 4 aliphatic carbocycles. The van der Waals surface area contributed by atoms with Crippen molar-refractivity contribution in [3.05, 3.63) is 11.6 Å². The van der Waals surface area contributed by atoms with E-state index in [-0.39, 0.29) is 42.3 Å². The Kier molecular flexibility index (Phi) is 9.94. The summed E-state index contributed by atoms with van der Waals surface area (Å²) in [5.74, 6) is -2.25. The summed E-state index contributed by atoms with van der Waals surface area (Å²) in [7, 11) is 0. The highest BCUT2D eigenvalue weighted by atomic mass is 16.6. The SMILES string of the molecule is CCCCCCCCCC(=O)O[C@@]12C[C@@H](C)[C@]34CC(C)[C@H](O)[C@@]3(O)[C@H](O)C(COC(=O)CCC)=C[C@H](C4O)[C@@H]1C2(C)C. The van der Waals surface area contributed by atoms with E-state index in [1.54, 1.807) is 6.08 Å². The summed E-state index contributed by atoms with van der Waals surface area (Å²) < 4.78 is 11.9. The fourth-order valence-electron chi connectivity index (χ4n) is 9.47. The molecule has 2 unspecified atom stereocenters. The molecule has 0 aromatic carbocycles. The van der Waals surface area contributed by atoms with E-state index < -0.39 is 52.2 Å². The molecule has 8 heteroatoms. The van der Waals surface area contributed by atoms with Crippen molar-refractivity contribution < 1.29 is 39.5 Å². The molecule has 0 amide bonds. The number of unbranched alkanes of at least 4 members (excludes halogenated alkanes) is 6. The van der Waals surface area contributed by atoms with Crippen molar-refractivity contribution in [2.45, 2.75) is 148 Å². The van der Waals surface area contributed by atoms with E-state index in [0.717, 1.165) is 19.3 Å². The van der Waals surface area contributed by atoms with Gasteiger partial charge in [-0.25, -0.2) is 0 Å². The second-order valence-corrected chi connectivity index (χ2v) is 14.6. The highest BCUT2D eigenvalue weighted by Crippen LogP contribution is 2.76. The van der Waals surface area contributed by atoms with Crippen molar-refractivity contribution in [2.75, 3.05) is 6.61 Å². The van der Waals surface area contributed by atoms with Gasteiger partial charge in [0.25, 0.3) is 0 Å². The molecular weight excluding hydrogens is 536 g/mol. The fourth-order valence-corrected chi connectivity index (χ4v) is 9.47. The Bertz CT molecular complexity index is 1020. The van der Waals surface area contributed by atoms with E-state index >= 15 is 0 Å². The van der Waals surface area contributed by atoms with Crippen molar-refractivity contribution in [1.29, 1.82) is 0 Å². The van der Waals surface area contributed by atoms with Gasteiger partial charge < -0.3 is 29.9 Å². The van der Waals surface area contributed by atoms with E-state index in [9.17, 15) is 30.0 Å². The van der Waals surface area contributed by atoms with Crippen LogP contribution in [0.4, 0.5) is 0 Å². The van der Waals surface area contributed by atoms with Crippen molar-refractivity contribution in [1.82, 2.24) is 0 Å². The average molecular weight is 593 g/mol. The number of carbonyl (C=O) groups is 2. The monoisotopic (exact) mass is 592 g/mol. The molecule has 240 valence electrons. The molecule has 42 heavy (non-hydrogen) atoms. The van der Waals surface area contributed by atoms with Crippen molar-refractivity contribution in [3.63, 3.8) is 0 Å². The second kappa shape index (κ2) is 12.5. The lowest BCUT2D eigenvalue weighted by Crippen LogP contribution is -2.65. The van der Waals surface area contributed by atoms with Crippen LogP contribution >= 0.6 is 0 Å². The standard InChI is InChI=1S/C34H56O8/c1-7-9-10-11-12-13-14-16-26(36)42-33-19-22(4)32-18-21(3)28(37)34(32,40)29(38)23(20-41-25(35)15-8-2)17-24(30(32)39)27(33)31(33,5)6/h17,21-22,24,27-30,37-40H,7-16,18-20H2,1-6H3/t21?,22-,24+,27-,28+,29-,30?,32+,33+,34-/m1/s1. The zero-order valence-corrected chi connectivity index (χ0v) is 26.7. The van der Waals surface area contributed by atoms with Crippen LogP contribution in [0.5, 0.6) is 0 Å². The van der Waals surface area contributed by atoms with Crippen molar-refractivity contribution in [3.8, 4) is 0 Å². The van der Waals surface area contributed by atoms with Crippen LogP contribution in [0.2, 0.25) is 0 Å². The van der Waals surface area contributed by atoms with Gasteiger partial charge in [0.2, 0.25) is 0 Å². The zero-order chi connectivity index (χ0) is 31.1. The Balaban J connectivity index is 1.64. The van der Waals surface area contributed by atoms with E-state index in [1.165, 1.54) is 25.7 Å². The lowest BCUT2D eigenvalue weighted by Gasteiger charge is -2.52. The van der Waals surface area contributed by atoms with Gasteiger partial charge in [0, 0.05) is 35.5 Å². The van der Waals surface area contributed by atoms with Crippen LogP contribution in [0, 0.1) is 34.5 Å². The first-order valence-corrected chi connectivity index (χ1v) is 16.6. The molecule has 0 radical (unpaired) electrons. The smallest absolute Gasteiger partial charge is 0.306 e. The third-order valence-electron chi connectivity index (χ3n) is 11.8. The Morgan fingerprint density at radius 3 is 2.17 bits per heavy atom. The zero-order valence-electron chi connectivity index (χ0n) is 26.7. The summed E-state index contributed by atoms with van der Waals surface area (Å²) in [5.41, 5.74) is -4.34. The van der Waals surface area contributed by atoms with Gasteiger partial charge in [-0.3, -0.25) is 9.59 Å². The van der Waals surface area contributed by atoms with Crippen LogP contribution in [-0.4, -0.2) is 68.5 Å². The molecule has 0 saturated heterocycles. The van der Waals surface area contributed by atoms with Crippen molar-refractivity contribution >= 4 is 11.9 Å². The van der Waals surface area contributed by atoms with Gasteiger partial charge in [0.05, 0.1) is 12.2 Å². The van der Waals surface area contributed by atoms with Crippen LogP contribution in [0.1, 0.15) is 119 Å². The van der Waals surface area contributed by atoms with Crippen LogP contribution in [0.25, 0.3) is 0 Å². The van der Waals surface area contributed by atoms with E-state index in [4.69, 9.17) is 9.47 Å². The van der Waals surface area contributed by atoms with Crippen LogP contribution in [0.3, 0.4) is 0 Å². The van der Waals surface area contributed by atoms with Gasteiger partial charge in [-0.05, 0) is 43.1 Å². The normalized spacial score (nSPS) is 41.6. The number of hydrogen-bond donors (Lipinski definition) is 4. The van der Waals surface area contributed by atoms with Crippen LogP contribution in [0.15, 0.2) is 11.6 Å². The lowest BCUT2D eigenvalue weighted by atomic mass is 9.58. The quantitative estimate of drug-likeness (QED) is 0.136. The predicted molar refractivity (Wildman–Crippen MR) is 159 cm³/mol. The topological polar surface area (TPSA) is 134 Å². The van der Waals surface area contributed by atoms with Crippen LogP contribution < -0.4 is 0 Å². The lowest BCUT2D eigenvalue weighted by molar-refractivity contribution is -0.227. The number of ether oxygens (including phenoxy) is 2. The molecule has 0 aromatic rings. The number of aliphatic hydroxyl groups excluding tert-OH is 3. The maximum atomic E-state index is 13.3. The molecule has 0 aromatic heterocycles. The minimum Gasteiger partial charge on any atom is -0.461 e. The molecule has 4 N–H and O–H groups in total. The summed E-state index contributed by atoms with van der Waals surface area (Å²) in [6.07, 6.45) is 7.48. The summed E-state index contributed by atoms with van der Waals surface area (Å²) in [4.78, 5) is 25.6. The van der Waals surface area contributed by atoms with E-state index in [2.05, 4.69) is 20.8 Å². The van der Waals surface area contributed by atoms with Gasteiger partial charge in [0.1, 0.15) is 23.9 Å². The van der Waals surface area contributed by atoms with Crippen molar-refractivity contribution in [2.24, 2.45) is 34.5 Å². The summed E-state index contributed by atoms with van der Waals surface area (Å²) >= 11 is 0. The molecule has 4 aliphatic rings. The van der Waals surface area contributed by atoms with Gasteiger partial charge in [0.15, 0.2) is 0 Å². The number of esters is 2. The maximum absolute atomic E-state index is 13.3. The Hall–Kier alpha value is -1.48. The first-order chi connectivity index (χ1) is 19.8. The Morgan fingerprint density at radius 2 is 1.52 bits per heavy atom. The molecule has 1 spiro atoms. The second-order valence-electron chi connectivity index (χ2n) is 14.6. The number of rotatable bonds is 13. The largest absolute Gasteiger partial charge is 0.461 e. The first-order valence-electron chi connectivity index (χ1n) is 16.6. The molecule has 2 bridgehead atoms.